The topological polar surface area (TPSA) is 68.2 Å². The van der Waals surface area contributed by atoms with Crippen LogP contribution in [0.3, 0.4) is 0 Å². The summed E-state index contributed by atoms with van der Waals surface area (Å²) in [4.78, 5) is 11.4. The van der Waals surface area contributed by atoms with Gasteiger partial charge in [0.2, 0.25) is 0 Å². The predicted octanol–water partition coefficient (Wildman–Crippen LogP) is 3.55. The first-order chi connectivity index (χ1) is 9.86. The third kappa shape index (κ3) is 2.81. The number of carboxylic acids is 1. The summed E-state index contributed by atoms with van der Waals surface area (Å²) in [7, 11) is 0. The van der Waals surface area contributed by atoms with E-state index in [4.69, 9.17) is 5.73 Å². The van der Waals surface area contributed by atoms with E-state index >= 15 is 0 Å². The van der Waals surface area contributed by atoms with E-state index in [2.05, 4.69) is 38.5 Å². The lowest BCUT2D eigenvalue weighted by Crippen LogP contribution is -2.04. The summed E-state index contributed by atoms with van der Waals surface area (Å²) in [6, 6.07) is 3.92. The molecule has 0 aliphatic carbocycles. The van der Waals surface area contributed by atoms with E-state index in [0.717, 1.165) is 28.5 Å². The number of hydrogen-bond acceptors (Lipinski definition) is 2. The molecule has 0 aliphatic heterocycles. The van der Waals surface area contributed by atoms with Crippen molar-refractivity contribution in [2.24, 2.45) is 5.73 Å². The molecule has 0 fully saturated rings. The van der Waals surface area contributed by atoms with Crippen LogP contribution < -0.4 is 5.73 Å². The van der Waals surface area contributed by atoms with Gasteiger partial charge in [-0.05, 0) is 56.0 Å². The van der Waals surface area contributed by atoms with Crippen molar-refractivity contribution in [3.63, 3.8) is 0 Å². The standard InChI is InChI=1S/C17H24N2O2/c1-10(2)14-7-13(17(20)21)8-15-12(5-6-18)9-19(11(3)4)16(14)15/h7-11H,5-6,18H2,1-4H3,(H,20,21). The Hall–Kier alpha value is -1.81. The predicted molar refractivity (Wildman–Crippen MR) is 86.1 cm³/mol. The van der Waals surface area contributed by atoms with Crippen LogP contribution in [-0.4, -0.2) is 22.2 Å². The van der Waals surface area contributed by atoms with Crippen molar-refractivity contribution in [1.29, 1.82) is 0 Å². The molecular formula is C17H24N2O2. The number of benzene rings is 1. The van der Waals surface area contributed by atoms with Gasteiger partial charge < -0.3 is 15.4 Å². The zero-order valence-corrected chi connectivity index (χ0v) is 13.2. The van der Waals surface area contributed by atoms with Crippen LogP contribution in [0.2, 0.25) is 0 Å². The molecule has 21 heavy (non-hydrogen) atoms. The highest BCUT2D eigenvalue weighted by Crippen LogP contribution is 2.33. The minimum atomic E-state index is -0.880. The van der Waals surface area contributed by atoms with Crippen molar-refractivity contribution in [3.8, 4) is 0 Å². The maximum atomic E-state index is 11.4. The largest absolute Gasteiger partial charge is 0.478 e. The quantitative estimate of drug-likeness (QED) is 0.884. The van der Waals surface area contributed by atoms with Gasteiger partial charge in [-0.2, -0.15) is 0 Å². The number of carboxylic acid groups (broad SMARTS) is 1. The first kappa shape index (κ1) is 15.6. The maximum absolute atomic E-state index is 11.4. The highest BCUT2D eigenvalue weighted by Gasteiger charge is 2.18. The van der Waals surface area contributed by atoms with Gasteiger partial charge in [-0.1, -0.05) is 13.8 Å². The highest BCUT2D eigenvalue weighted by molar-refractivity contribution is 5.97. The monoisotopic (exact) mass is 288 g/mol. The second-order valence-electron chi connectivity index (χ2n) is 6.12. The number of rotatable bonds is 5. The Morgan fingerprint density at radius 3 is 2.43 bits per heavy atom. The van der Waals surface area contributed by atoms with Crippen LogP contribution in [-0.2, 0) is 6.42 Å². The first-order valence-electron chi connectivity index (χ1n) is 7.47. The van der Waals surface area contributed by atoms with Crippen LogP contribution in [0.25, 0.3) is 10.9 Å². The fraction of sp³-hybridized carbons (Fsp3) is 0.471. The first-order valence-corrected chi connectivity index (χ1v) is 7.47. The SMILES string of the molecule is CC(C)c1cc(C(=O)O)cc2c(CCN)cn(C(C)C)c12. The molecule has 114 valence electrons. The maximum Gasteiger partial charge on any atom is 0.335 e. The lowest BCUT2D eigenvalue weighted by atomic mass is 9.96. The minimum Gasteiger partial charge on any atom is -0.478 e. The third-order valence-corrected chi connectivity index (χ3v) is 3.88. The number of carbonyl (C=O) groups is 1. The number of nitrogens with two attached hydrogens (primary N) is 1. The minimum absolute atomic E-state index is 0.268. The van der Waals surface area contributed by atoms with Gasteiger partial charge in [0.15, 0.2) is 0 Å². The van der Waals surface area contributed by atoms with E-state index in [1.165, 1.54) is 0 Å². The molecular weight excluding hydrogens is 264 g/mol. The Kier molecular flexibility index (Phi) is 4.37. The molecule has 0 saturated carbocycles. The van der Waals surface area contributed by atoms with Crippen molar-refractivity contribution in [1.82, 2.24) is 4.57 Å². The molecule has 0 saturated heterocycles. The molecule has 0 radical (unpaired) electrons. The smallest absolute Gasteiger partial charge is 0.335 e. The highest BCUT2D eigenvalue weighted by atomic mass is 16.4. The molecule has 0 unspecified atom stereocenters. The molecule has 0 amide bonds. The van der Waals surface area contributed by atoms with Crippen LogP contribution in [0.15, 0.2) is 18.3 Å². The van der Waals surface area contributed by atoms with Gasteiger partial charge in [0.05, 0.1) is 11.1 Å². The zero-order chi connectivity index (χ0) is 15.7. The van der Waals surface area contributed by atoms with Gasteiger partial charge in [0, 0.05) is 17.6 Å². The lowest BCUT2D eigenvalue weighted by molar-refractivity contribution is 0.0697. The summed E-state index contributed by atoms with van der Waals surface area (Å²) in [5.74, 6) is -0.611. The van der Waals surface area contributed by atoms with Crippen LogP contribution in [0.4, 0.5) is 0 Å². The molecule has 1 aromatic carbocycles. The van der Waals surface area contributed by atoms with Gasteiger partial charge in [0.25, 0.3) is 0 Å². The summed E-state index contributed by atoms with van der Waals surface area (Å²) < 4.78 is 2.24. The number of aromatic nitrogens is 1. The van der Waals surface area contributed by atoms with E-state index in [1.54, 1.807) is 12.1 Å². The average molecular weight is 288 g/mol. The Morgan fingerprint density at radius 2 is 1.95 bits per heavy atom. The molecule has 0 atom stereocenters. The Morgan fingerprint density at radius 1 is 1.29 bits per heavy atom. The van der Waals surface area contributed by atoms with Crippen molar-refractivity contribution in [2.45, 2.75) is 46.1 Å². The normalized spacial score (nSPS) is 11.8. The Bertz CT molecular complexity index is 669. The number of aromatic carboxylic acids is 1. The van der Waals surface area contributed by atoms with Crippen molar-refractivity contribution < 1.29 is 9.90 Å². The van der Waals surface area contributed by atoms with E-state index in [-0.39, 0.29) is 5.92 Å². The van der Waals surface area contributed by atoms with Crippen molar-refractivity contribution in [3.05, 3.63) is 35.0 Å². The molecule has 1 aromatic heterocycles. The summed E-state index contributed by atoms with van der Waals surface area (Å²) in [6.45, 7) is 9.04. The second-order valence-corrected chi connectivity index (χ2v) is 6.12. The van der Waals surface area contributed by atoms with E-state index in [0.29, 0.717) is 18.2 Å². The molecule has 2 rings (SSSR count). The summed E-state index contributed by atoms with van der Waals surface area (Å²) in [5.41, 5.74) is 9.42. The summed E-state index contributed by atoms with van der Waals surface area (Å²) in [6.07, 6.45) is 2.89. The van der Waals surface area contributed by atoms with E-state index in [1.807, 2.05) is 0 Å². The molecule has 4 heteroatoms. The molecule has 2 aromatic rings. The molecule has 0 bridgehead atoms. The molecule has 4 nitrogen and oxygen atoms in total. The van der Waals surface area contributed by atoms with E-state index in [9.17, 15) is 9.90 Å². The van der Waals surface area contributed by atoms with Crippen LogP contribution >= 0.6 is 0 Å². The second kappa shape index (κ2) is 5.90. The average Bonchev–Trinajstić information content (AvgIpc) is 2.77. The molecule has 0 aliphatic rings. The summed E-state index contributed by atoms with van der Waals surface area (Å²) >= 11 is 0. The molecule has 1 heterocycles. The number of fused-ring (bicyclic) bond motifs is 1. The van der Waals surface area contributed by atoms with Gasteiger partial charge in [0.1, 0.15) is 0 Å². The molecule has 3 N–H and O–H groups in total. The number of hydrogen-bond donors (Lipinski definition) is 2. The van der Waals surface area contributed by atoms with Gasteiger partial charge >= 0.3 is 5.97 Å². The Balaban J connectivity index is 2.86. The van der Waals surface area contributed by atoms with E-state index < -0.39 is 5.97 Å². The Labute approximate surface area is 125 Å². The zero-order valence-electron chi connectivity index (χ0n) is 13.2. The third-order valence-electron chi connectivity index (χ3n) is 3.88. The van der Waals surface area contributed by atoms with Crippen molar-refractivity contribution in [2.75, 3.05) is 6.54 Å². The van der Waals surface area contributed by atoms with Crippen molar-refractivity contribution >= 4 is 16.9 Å². The lowest BCUT2D eigenvalue weighted by Gasteiger charge is -2.15. The van der Waals surface area contributed by atoms with Gasteiger partial charge in [-0.15, -0.1) is 0 Å². The summed E-state index contributed by atoms with van der Waals surface area (Å²) in [5, 5.41) is 10.4. The number of nitrogens with zero attached hydrogens (tertiary/aromatic N) is 1. The molecule has 0 spiro atoms. The van der Waals surface area contributed by atoms with Crippen LogP contribution in [0, 0.1) is 0 Å². The fourth-order valence-electron chi connectivity index (χ4n) is 2.82. The van der Waals surface area contributed by atoms with Crippen LogP contribution in [0.1, 0.15) is 61.1 Å². The fourth-order valence-corrected chi connectivity index (χ4v) is 2.82. The van der Waals surface area contributed by atoms with Gasteiger partial charge in [-0.3, -0.25) is 0 Å². The van der Waals surface area contributed by atoms with Gasteiger partial charge in [-0.25, -0.2) is 4.79 Å². The van der Waals surface area contributed by atoms with Crippen LogP contribution in [0.5, 0.6) is 0 Å².